The number of carboxylic acid groups (broad SMARTS) is 1. The number of allylic oxidation sites excluding steroid dienone is 2. The fraction of sp³-hybridized carbons (Fsp3) is 0.312. The third-order valence-electron chi connectivity index (χ3n) is 7.93. The van der Waals surface area contributed by atoms with Crippen LogP contribution in [0.3, 0.4) is 0 Å². The van der Waals surface area contributed by atoms with E-state index in [2.05, 4.69) is 53.7 Å². The molecule has 8 nitrogen and oxygen atoms in total. The maximum Gasteiger partial charge on any atom is 0.374 e. The number of aliphatic hydroxyl groups is 1. The Hall–Kier alpha value is -4.30. The quantitative estimate of drug-likeness (QED) is 0.353. The van der Waals surface area contributed by atoms with Crippen molar-refractivity contribution in [1.82, 2.24) is 0 Å². The highest BCUT2D eigenvalue weighted by Gasteiger charge is 2.35. The molecule has 0 aliphatic carbocycles. The number of carbonyl (C=O) groups excluding carboxylic acids is 1. The Morgan fingerprint density at radius 1 is 1.15 bits per heavy atom. The summed E-state index contributed by atoms with van der Waals surface area (Å²) in [5.74, 6) is 0.917. The first-order valence-electron chi connectivity index (χ1n) is 13.9. The van der Waals surface area contributed by atoms with Crippen LogP contribution >= 0.6 is 0 Å². The molecule has 4 aromatic rings. The number of aliphatic carboxylic acids is 1. The van der Waals surface area contributed by atoms with E-state index in [1.165, 1.54) is 5.39 Å². The molecule has 0 spiro atoms. The van der Waals surface area contributed by atoms with Crippen molar-refractivity contribution < 1.29 is 28.7 Å². The lowest BCUT2D eigenvalue weighted by molar-refractivity contribution is -0.673. The topological polar surface area (TPSA) is 93.1 Å². The van der Waals surface area contributed by atoms with E-state index in [0.29, 0.717) is 31.1 Å². The zero-order chi connectivity index (χ0) is 28.0. The molecule has 0 radical (unpaired) electrons. The minimum absolute atomic E-state index is 0.384. The third kappa shape index (κ3) is 4.29. The number of anilines is 2. The smallest absolute Gasteiger partial charge is 0.374 e. The largest absolute Gasteiger partial charge is 0.548 e. The Labute approximate surface area is 233 Å². The number of oxazole rings is 1. The first-order chi connectivity index (χ1) is 19.4. The Balaban J connectivity index is 1.36. The van der Waals surface area contributed by atoms with Gasteiger partial charge in [-0.25, -0.2) is 0 Å². The lowest BCUT2D eigenvalue weighted by atomic mass is 10.1. The second-order valence-corrected chi connectivity index (χ2v) is 10.2. The van der Waals surface area contributed by atoms with Gasteiger partial charge in [0.25, 0.3) is 5.52 Å². The number of ether oxygens (including phenoxy) is 1. The minimum Gasteiger partial charge on any atom is -0.548 e. The van der Waals surface area contributed by atoms with Crippen LogP contribution in [0.15, 0.2) is 76.5 Å². The first kappa shape index (κ1) is 26.0. The van der Waals surface area contributed by atoms with Gasteiger partial charge in [-0.3, -0.25) is 0 Å². The normalized spacial score (nSPS) is 20.1. The zero-order valence-electron chi connectivity index (χ0n) is 23.0. The van der Waals surface area contributed by atoms with E-state index in [9.17, 15) is 15.0 Å². The molecule has 1 N–H and O–H groups in total. The molecule has 206 valence electrons. The number of benzene rings is 3. The molecule has 1 fully saturated rings. The molecule has 2 aliphatic heterocycles. The van der Waals surface area contributed by atoms with Gasteiger partial charge in [-0.1, -0.05) is 31.2 Å². The molecule has 0 saturated carbocycles. The standard InChI is InChI=1S/C32H33N3O5/c1-4-20(18-29-34(6-3)30-23-10-8-7-9-21(23)11-13-27(30)40-29)17-28-33(5-2)24-19-22(12-14-26(24)39-28)35-16-15-25(36)31(35)32(37)38/h7-14,17-19,25,31,36H,4-6,15-16H2,1-3H3. The number of hydrogen-bond donors (Lipinski definition) is 1. The van der Waals surface area contributed by atoms with Gasteiger partial charge in [0, 0.05) is 24.9 Å². The molecule has 3 aromatic carbocycles. The van der Waals surface area contributed by atoms with Crippen LogP contribution in [0.5, 0.6) is 5.75 Å². The van der Waals surface area contributed by atoms with E-state index in [-0.39, 0.29) is 0 Å². The molecule has 6 rings (SSSR count). The van der Waals surface area contributed by atoms with Gasteiger partial charge < -0.3 is 34.0 Å². The molecule has 8 heteroatoms. The van der Waals surface area contributed by atoms with Crippen molar-refractivity contribution in [3.63, 3.8) is 0 Å². The van der Waals surface area contributed by atoms with Crippen molar-refractivity contribution in [2.45, 2.75) is 52.3 Å². The summed E-state index contributed by atoms with van der Waals surface area (Å²) < 4.78 is 14.8. The molecule has 0 bridgehead atoms. The summed E-state index contributed by atoms with van der Waals surface area (Å²) >= 11 is 0. The summed E-state index contributed by atoms with van der Waals surface area (Å²) in [5.41, 5.74) is 4.57. The van der Waals surface area contributed by atoms with Gasteiger partial charge in [-0.2, -0.15) is 4.57 Å². The van der Waals surface area contributed by atoms with Crippen LogP contribution in [0, 0.1) is 0 Å². The van der Waals surface area contributed by atoms with E-state index in [4.69, 9.17) is 9.15 Å². The van der Waals surface area contributed by atoms with E-state index >= 15 is 0 Å². The molecule has 1 aromatic heterocycles. The highest BCUT2D eigenvalue weighted by molar-refractivity contribution is 6.01. The lowest BCUT2D eigenvalue weighted by Crippen LogP contribution is -2.49. The summed E-state index contributed by atoms with van der Waals surface area (Å²) in [6, 6.07) is 17.0. The fourth-order valence-corrected chi connectivity index (χ4v) is 5.91. The van der Waals surface area contributed by atoms with Crippen molar-refractivity contribution >= 4 is 45.3 Å². The van der Waals surface area contributed by atoms with E-state index in [1.54, 1.807) is 4.90 Å². The van der Waals surface area contributed by atoms with Crippen molar-refractivity contribution in [2.75, 3.05) is 22.9 Å². The summed E-state index contributed by atoms with van der Waals surface area (Å²) in [6.45, 7) is 8.15. The third-order valence-corrected chi connectivity index (χ3v) is 7.93. The molecule has 1 saturated heterocycles. The summed E-state index contributed by atoms with van der Waals surface area (Å²) in [4.78, 5) is 15.5. The molecular formula is C32H33N3O5. The van der Waals surface area contributed by atoms with E-state index in [1.807, 2.05) is 43.3 Å². The van der Waals surface area contributed by atoms with Crippen LogP contribution in [0.4, 0.5) is 11.4 Å². The van der Waals surface area contributed by atoms with Crippen molar-refractivity contribution in [2.24, 2.45) is 0 Å². The van der Waals surface area contributed by atoms with Crippen molar-refractivity contribution in [1.29, 1.82) is 0 Å². The van der Waals surface area contributed by atoms with Gasteiger partial charge in [0.1, 0.15) is 6.54 Å². The maximum atomic E-state index is 11.7. The van der Waals surface area contributed by atoms with E-state index in [0.717, 1.165) is 52.3 Å². The molecule has 3 heterocycles. The molecular weight excluding hydrogens is 506 g/mol. The van der Waals surface area contributed by atoms with Gasteiger partial charge in [0.2, 0.25) is 11.5 Å². The average molecular weight is 540 g/mol. The molecule has 2 atom stereocenters. The molecule has 0 amide bonds. The van der Waals surface area contributed by atoms with Gasteiger partial charge in [-0.05, 0) is 68.0 Å². The van der Waals surface area contributed by atoms with Crippen LogP contribution in [-0.4, -0.2) is 36.3 Å². The van der Waals surface area contributed by atoms with Crippen LogP contribution < -0.4 is 24.2 Å². The van der Waals surface area contributed by atoms with Gasteiger partial charge in [0.15, 0.2) is 5.75 Å². The number of hydrogen-bond acceptors (Lipinski definition) is 7. The van der Waals surface area contributed by atoms with Gasteiger partial charge in [-0.15, -0.1) is 0 Å². The predicted octanol–water partition coefficient (Wildman–Crippen LogP) is 4.14. The van der Waals surface area contributed by atoms with Crippen LogP contribution in [-0.2, 0) is 11.3 Å². The number of carbonyl (C=O) groups is 1. The van der Waals surface area contributed by atoms with Crippen LogP contribution in [0.1, 0.15) is 39.5 Å². The number of nitrogens with zero attached hydrogens (tertiary/aromatic N) is 3. The average Bonchev–Trinajstić information content (AvgIpc) is 3.64. The minimum atomic E-state index is -1.27. The number of fused-ring (bicyclic) bond motifs is 4. The SMILES string of the molecule is CCC(/C=C1\Oc2ccc(N3CCC(O)C3C(=O)[O-])cc2N1CC)=C\c1oc2ccc3ccccc3c2[n+]1CC. The van der Waals surface area contributed by atoms with E-state index < -0.39 is 18.1 Å². The van der Waals surface area contributed by atoms with Crippen molar-refractivity contribution in [3.8, 4) is 5.75 Å². The Kier molecular flexibility index (Phi) is 6.72. The Morgan fingerprint density at radius 3 is 2.73 bits per heavy atom. The van der Waals surface area contributed by atoms with Crippen LogP contribution in [0.25, 0.3) is 27.9 Å². The fourth-order valence-electron chi connectivity index (χ4n) is 5.91. The number of aryl methyl sites for hydroxylation is 1. The summed E-state index contributed by atoms with van der Waals surface area (Å²) in [6.07, 6.45) is 4.32. The monoisotopic (exact) mass is 539 g/mol. The lowest BCUT2D eigenvalue weighted by Gasteiger charge is -2.29. The number of rotatable bonds is 7. The Morgan fingerprint density at radius 2 is 1.98 bits per heavy atom. The highest BCUT2D eigenvalue weighted by atomic mass is 16.5. The summed E-state index contributed by atoms with van der Waals surface area (Å²) in [7, 11) is 0. The molecule has 2 unspecified atom stereocenters. The molecule has 2 aliphatic rings. The summed E-state index contributed by atoms with van der Waals surface area (Å²) in [5, 5.41) is 24.2. The first-order valence-corrected chi connectivity index (χ1v) is 13.9. The zero-order valence-corrected chi connectivity index (χ0v) is 23.0. The number of aromatic nitrogens is 1. The maximum absolute atomic E-state index is 11.7. The predicted molar refractivity (Wildman–Crippen MR) is 153 cm³/mol. The van der Waals surface area contributed by atoms with Crippen molar-refractivity contribution in [3.05, 3.63) is 78.0 Å². The number of aliphatic hydroxyl groups excluding tert-OH is 1. The number of carboxylic acids is 1. The second-order valence-electron chi connectivity index (χ2n) is 10.2. The van der Waals surface area contributed by atoms with Gasteiger partial charge in [0.05, 0.1) is 35.3 Å². The van der Waals surface area contributed by atoms with Gasteiger partial charge >= 0.3 is 5.89 Å². The highest BCUT2D eigenvalue weighted by Crippen LogP contribution is 2.43. The Bertz CT molecular complexity index is 1670. The van der Waals surface area contributed by atoms with Crippen LogP contribution in [0.2, 0.25) is 0 Å². The second kappa shape index (κ2) is 10.4. The molecule has 40 heavy (non-hydrogen) atoms.